The molecule has 0 amide bonds. The number of hydrogen-bond acceptors (Lipinski definition) is 8. The Labute approximate surface area is 169 Å². The van der Waals surface area contributed by atoms with Crippen LogP contribution in [0.1, 0.15) is 26.3 Å². The van der Waals surface area contributed by atoms with E-state index in [9.17, 15) is 8.42 Å². The summed E-state index contributed by atoms with van der Waals surface area (Å²) < 4.78 is 41.8. The summed E-state index contributed by atoms with van der Waals surface area (Å²) in [6.45, 7) is 11.1. The van der Waals surface area contributed by atoms with E-state index in [1.807, 2.05) is 20.8 Å². The number of aliphatic hydroxyl groups excluding tert-OH is 2. The second-order valence-electron chi connectivity index (χ2n) is 5.13. The lowest BCUT2D eigenvalue weighted by Gasteiger charge is -2.02. The van der Waals surface area contributed by atoms with Crippen LogP contribution in [-0.2, 0) is 28.5 Å². The molecule has 1 aromatic rings. The molecular formula is C19H36O8S. The number of aliphatic hydroxyl groups is 2. The monoisotopic (exact) mass is 424 g/mol. The first kappa shape index (κ1) is 29.1. The molecule has 0 unspecified atom stereocenters. The molecule has 0 aromatic heterocycles. The maximum Gasteiger partial charge on any atom is 0.296 e. The maximum atomic E-state index is 11.3. The molecule has 2 N–H and O–H groups in total. The molecule has 0 bridgehead atoms. The normalized spacial score (nSPS) is 10.5. The minimum Gasteiger partial charge on any atom is -0.394 e. The third kappa shape index (κ3) is 18.3. The molecule has 0 aliphatic rings. The minimum absolute atomic E-state index is 0.0417. The highest BCUT2D eigenvalue weighted by Crippen LogP contribution is 2.12. The third-order valence-electron chi connectivity index (χ3n) is 2.83. The Kier molecular flexibility index (Phi) is 21.5. The van der Waals surface area contributed by atoms with Crippen molar-refractivity contribution in [2.24, 2.45) is 0 Å². The maximum absolute atomic E-state index is 11.3. The molecule has 1 rings (SSSR count). The van der Waals surface area contributed by atoms with E-state index in [2.05, 4.69) is 4.18 Å². The molecule has 166 valence electrons. The van der Waals surface area contributed by atoms with Crippen LogP contribution in [0.2, 0.25) is 0 Å². The minimum atomic E-state index is -3.53. The van der Waals surface area contributed by atoms with Crippen LogP contribution in [0.15, 0.2) is 29.2 Å². The van der Waals surface area contributed by atoms with Crippen molar-refractivity contribution in [2.45, 2.75) is 32.6 Å². The Morgan fingerprint density at radius 1 is 0.750 bits per heavy atom. The molecule has 0 saturated carbocycles. The quantitative estimate of drug-likeness (QED) is 0.386. The van der Waals surface area contributed by atoms with Crippen molar-refractivity contribution in [1.82, 2.24) is 0 Å². The van der Waals surface area contributed by atoms with E-state index in [1.165, 1.54) is 0 Å². The van der Waals surface area contributed by atoms with Crippen LogP contribution >= 0.6 is 0 Å². The van der Waals surface area contributed by atoms with E-state index in [0.717, 1.165) is 18.8 Å². The lowest BCUT2D eigenvalue weighted by molar-refractivity contribution is 0.0222. The summed E-state index contributed by atoms with van der Waals surface area (Å²) in [5.41, 5.74) is 1.02. The predicted octanol–water partition coefficient (Wildman–Crippen LogP) is 1.77. The smallest absolute Gasteiger partial charge is 0.296 e. The number of ether oxygens (including phenoxy) is 3. The first-order valence-electron chi connectivity index (χ1n) is 9.30. The van der Waals surface area contributed by atoms with E-state index in [4.69, 9.17) is 24.4 Å². The lowest BCUT2D eigenvalue weighted by Crippen LogP contribution is -2.09. The zero-order valence-electron chi connectivity index (χ0n) is 17.4. The summed E-state index contributed by atoms with van der Waals surface area (Å²) in [4.78, 5) is 0.208. The number of aryl methyl sites for hydroxylation is 1. The summed E-state index contributed by atoms with van der Waals surface area (Å²) in [7, 11) is -3.53. The van der Waals surface area contributed by atoms with Crippen LogP contribution in [-0.4, -0.2) is 78.1 Å². The van der Waals surface area contributed by atoms with Crippen molar-refractivity contribution < 1.29 is 37.0 Å². The SMILES string of the molecule is CCOCC.CCOS(=O)(=O)c1ccc(C)cc1.OCCOCCOCCO. The average Bonchev–Trinajstić information content (AvgIpc) is 2.67. The summed E-state index contributed by atoms with van der Waals surface area (Å²) in [6.07, 6.45) is 0. The zero-order valence-corrected chi connectivity index (χ0v) is 18.2. The van der Waals surface area contributed by atoms with Crippen LogP contribution in [0.4, 0.5) is 0 Å². The zero-order chi connectivity index (χ0) is 21.7. The Morgan fingerprint density at radius 2 is 1.21 bits per heavy atom. The van der Waals surface area contributed by atoms with Crippen LogP contribution < -0.4 is 0 Å². The molecule has 28 heavy (non-hydrogen) atoms. The molecule has 8 nitrogen and oxygen atoms in total. The van der Waals surface area contributed by atoms with Gasteiger partial charge < -0.3 is 24.4 Å². The van der Waals surface area contributed by atoms with Gasteiger partial charge in [0.15, 0.2) is 0 Å². The van der Waals surface area contributed by atoms with Crippen LogP contribution in [0.3, 0.4) is 0 Å². The average molecular weight is 425 g/mol. The fraction of sp³-hybridized carbons (Fsp3) is 0.684. The highest BCUT2D eigenvalue weighted by atomic mass is 32.2. The van der Waals surface area contributed by atoms with E-state index in [-0.39, 0.29) is 24.7 Å². The Bertz CT molecular complexity index is 521. The molecule has 0 fully saturated rings. The largest absolute Gasteiger partial charge is 0.394 e. The molecule has 0 radical (unpaired) electrons. The van der Waals surface area contributed by atoms with Crippen LogP contribution in [0, 0.1) is 6.92 Å². The van der Waals surface area contributed by atoms with Crippen molar-refractivity contribution in [2.75, 3.05) is 59.5 Å². The van der Waals surface area contributed by atoms with Gasteiger partial charge in [0.25, 0.3) is 10.1 Å². The molecule has 9 heteroatoms. The fourth-order valence-corrected chi connectivity index (χ4v) is 2.50. The van der Waals surface area contributed by atoms with Crippen molar-refractivity contribution in [3.05, 3.63) is 29.8 Å². The van der Waals surface area contributed by atoms with Gasteiger partial charge in [0.1, 0.15) is 0 Å². The fourth-order valence-electron chi connectivity index (χ4n) is 1.58. The summed E-state index contributed by atoms with van der Waals surface area (Å²) >= 11 is 0. The molecule has 0 saturated heterocycles. The van der Waals surface area contributed by atoms with Gasteiger partial charge in [-0.2, -0.15) is 8.42 Å². The Morgan fingerprint density at radius 3 is 1.54 bits per heavy atom. The summed E-state index contributed by atoms with van der Waals surface area (Å²) in [6, 6.07) is 6.57. The van der Waals surface area contributed by atoms with Gasteiger partial charge in [0.05, 0.1) is 51.1 Å². The second kappa shape index (κ2) is 20.7. The Balaban J connectivity index is 0. The topological polar surface area (TPSA) is 112 Å². The molecule has 0 spiro atoms. The van der Waals surface area contributed by atoms with E-state index >= 15 is 0 Å². The van der Waals surface area contributed by atoms with Gasteiger partial charge in [-0.3, -0.25) is 4.18 Å². The van der Waals surface area contributed by atoms with Gasteiger partial charge in [-0.25, -0.2) is 0 Å². The number of hydrogen-bond donors (Lipinski definition) is 2. The van der Waals surface area contributed by atoms with Gasteiger partial charge in [-0.15, -0.1) is 0 Å². The number of benzene rings is 1. The van der Waals surface area contributed by atoms with Crippen molar-refractivity contribution in [3.63, 3.8) is 0 Å². The summed E-state index contributed by atoms with van der Waals surface area (Å²) in [5.74, 6) is 0. The first-order valence-corrected chi connectivity index (χ1v) is 10.7. The second-order valence-corrected chi connectivity index (χ2v) is 6.74. The summed E-state index contributed by atoms with van der Waals surface area (Å²) in [5, 5.41) is 16.5. The van der Waals surface area contributed by atoms with Crippen LogP contribution in [0.25, 0.3) is 0 Å². The lowest BCUT2D eigenvalue weighted by atomic mass is 10.2. The standard InChI is InChI=1S/C9H12O3S.C6H14O4.C4H10O/c1-3-12-13(10,11)9-6-4-8(2)5-7-9;7-1-3-9-5-6-10-4-2-8;1-3-5-4-2/h4-7H,3H2,1-2H3;7-8H,1-6H2;3-4H2,1-2H3. The van der Waals surface area contributed by atoms with Crippen molar-refractivity contribution >= 4 is 10.1 Å². The number of rotatable bonds is 12. The highest BCUT2D eigenvalue weighted by Gasteiger charge is 2.12. The van der Waals surface area contributed by atoms with Gasteiger partial charge in [0.2, 0.25) is 0 Å². The van der Waals surface area contributed by atoms with E-state index < -0.39 is 10.1 Å². The molecule has 0 aliphatic carbocycles. The molecule has 0 heterocycles. The third-order valence-corrected chi connectivity index (χ3v) is 4.23. The first-order chi connectivity index (χ1) is 13.4. The molecule has 1 aromatic carbocycles. The van der Waals surface area contributed by atoms with Crippen molar-refractivity contribution in [1.29, 1.82) is 0 Å². The Hall–Kier alpha value is -1.07. The molecule has 0 atom stereocenters. The van der Waals surface area contributed by atoms with E-state index in [1.54, 1.807) is 31.2 Å². The molecule has 0 aliphatic heterocycles. The predicted molar refractivity (Wildman–Crippen MR) is 108 cm³/mol. The van der Waals surface area contributed by atoms with Crippen molar-refractivity contribution in [3.8, 4) is 0 Å². The van der Waals surface area contributed by atoms with Gasteiger partial charge in [0, 0.05) is 13.2 Å². The van der Waals surface area contributed by atoms with Gasteiger partial charge >= 0.3 is 0 Å². The highest BCUT2D eigenvalue weighted by molar-refractivity contribution is 7.86. The van der Waals surface area contributed by atoms with Gasteiger partial charge in [-0.05, 0) is 39.8 Å². The molecular weight excluding hydrogens is 388 g/mol. The van der Waals surface area contributed by atoms with Gasteiger partial charge in [-0.1, -0.05) is 17.7 Å². The van der Waals surface area contributed by atoms with E-state index in [0.29, 0.717) is 26.4 Å². The van der Waals surface area contributed by atoms with Crippen LogP contribution in [0.5, 0.6) is 0 Å².